The first kappa shape index (κ1) is 18.1. The Morgan fingerprint density at radius 3 is 2.00 bits per heavy atom. The highest BCUT2D eigenvalue weighted by Gasteiger charge is 2.27. The third-order valence-corrected chi connectivity index (χ3v) is 6.58. The van der Waals surface area contributed by atoms with Crippen LogP contribution in [0, 0.1) is 20.8 Å². The van der Waals surface area contributed by atoms with Crippen LogP contribution in [0.1, 0.15) is 17.0 Å². The van der Waals surface area contributed by atoms with Crippen molar-refractivity contribution in [1.82, 2.24) is 9.97 Å². The Bertz CT molecular complexity index is 967. The Balaban J connectivity index is 1.62. The molecule has 0 saturated carbocycles. The Hall–Kier alpha value is -2.31. The average molecular weight is 394 g/mol. The lowest BCUT2D eigenvalue weighted by atomic mass is 10.2. The van der Waals surface area contributed by atoms with Crippen LogP contribution in [0.15, 0.2) is 63.5 Å². The summed E-state index contributed by atoms with van der Waals surface area (Å²) < 4.78 is 0. The summed E-state index contributed by atoms with van der Waals surface area (Å²) >= 11 is 3.09. The van der Waals surface area contributed by atoms with Gasteiger partial charge in [0.25, 0.3) is 0 Å². The quantitative estimate of drug-likeness (QED) is 0.445. The van der Waals surface area contributed by atoms with Crippen LogP contribution in [-0.4, -0.2) is 21.6 Å². The molecule has 136 valence electrons. The van der Waals surface area contributed by atoms with E-state index in [0.29, 0.717) is 5.16 Å². The van der Waals surface area contributed by atoms with E-state index in [2.05, 4.69) is 22.1 Å². The lowest BCUT2D eigenvalue weighted by molar-refractivity contribution is -0.115. The number of thioether (sulfide) groups is 1. The van der Waals surface area contributed by atoms with Crippen LogP contribution in [0.5, 0.6) is 0 Å². The zero-order valence-corrected chi connectivity index (χ0v) is 17.0. The van der Waals surface area contributed by atoms with Crippen LogP contribution in [0.25, 0.3) is 0 Å². The number of rotatable bonds is 3. The molecule has 0 fully saturated rings. The van der Waals surface area contributed by atoms with E-state index < -0.39 is 0 Å². The number of aromatic nitrogens is 2. The van der Waals surface area contributed by atoms with E-state index in [4.69, 9.17) is 0 Å². The van der Waals surface area contributed by atoms with Gasteiger partial charge < -0.3 is 0 Å². The molecule has 2 aromatic carbocycles. The van der Waals surface area contributed by atoms with Gasteiger partial charge in [0.05, 0.1) is 17.1 Å². The number of carbonyl (C=O) groups is 1. The molecule has 2 heterocycles. The number of hydrogen-bond acceptors (Lipinski definition) is 5. The van der Waals surface area contributed by atoms with Gasteiger partial charge in [0, 0.05) is 21.2 Å². The first-order valence-corrected chi connectivity index (χ1v) is 10.5. The van der Waals surface area contributed by atoms with Gasteiger partial charge in [0.2, 0.25) is 5.91 Å². The van der Waals surface area contributed by atoms with E-state index in [1.165, 1.54) is 11.8 Å². The highest BCUT2D eigenvalue weighted by atomic mass is 32.2. The summed E-state index contributed by atoms with van der Waals surface area (Å²) in [5.41, 5.74) is 4.89. The van der Waals surface area contributed by atoms with Crippen LogP contribution < -0.4 is 4.90 Å². The van der Waals surface area contributed by atoms with Crippen molar-refractivity contribution in [2.24, 2.45) is 0 Å². The molecule has 0 bridgehead atoms. The van der Waals surface area contributed by atoms with Gasteiger partial charge in [0.1, 0.15) is 0 Å². The molecule has 0 spiro atoms. The predicted octanol–water partition coefficient (Wildman–Crippen LogP) is 5.32. The molecule has 1 aliphatic heterocycles. The van der Waals surface area contributed by atoms with Gasteiger partial charge in [-0.1, -0.05) is 47.8 Å². The smallest absolute Gasteiger partial charge is 0.242 e. The van der Waals surface area contributed by atoms with Crippen molar-refractivity contribution in [3.8, 4) is 0 Å². The average Bonchev–Trinajstić information content (AvgIpc) is 2.68. The molecule has 0 unspecified atom stereocenters. The highest BCUT2D eigenvalue weighted by molar-refractivity contribution is 8.00. The SMILES string of the molecule is Cc1nc(SCC(=O)N2c3ccccc3Sc3ccccc32)nc(C)c1C. The summed E-state index contributed by atoms with van der Waals surface area (Å²) in [5, 5.41) is 0.650. The molecule has 0 radical (unpaired) electrons. The number of anilines is 2. The largest absolute Gasteiger partial charge is 0.278 e. The maximum atomic E-state index is 13.2. The Morgan fingerprint density at radius 2 is 1.44 bits per heavy atom. The van der Waals surface area contributed by atoms with Gasteiger partial charge >= 0.3 is 0 Å². The molecule has 0 aliphatic carbocycles. The van der Waals surface area contributed by atoms with Crippen LogP contribution >= 0.6 is 23.5 Å². The van der Waals surface area contributed by atoms with Gasteiger partial charge in [-0.05, 0) is 50.6 Å². The summed E-state index contributed by atoms with van der Waals surface area (Å²) in [6.45, 7) is 5.97. The molecule has 4 rings (SSSR count). The lowest BCUT2D eigenvalue weighted by Crippen LogP contribution is -2.30. The minimum absolute atomic E-state index is 0.0275. The van der Waals surface area contributed by atoms with Crippen LogP contribution in [0.2, 0.25) is 0 Å². The van der Waals surface area contributed by atoms with Crippen molar-refractivity contribution in [2.75, 3.05) is 10.7 Å². The number of hydrogen-bond donors (Lipinski definition) is 0. The van der Waals surface area contributed by atoms with Crippen molar-refractivity contribution in [3.05, 3.63) is 65.5 Å². The zero-order chi connectivity index (χ0) is 19.0. The minimum Gasteiger partial charge on any atom is -0.278 e. The fourth-order valence-electron chi connectivity index (χ4n) is 2.97. The van der Waals surface area contributed by atoms with E-state index in [0.717, 1.165) is 38.1 Å². The van der Waals surface area contributed by atoms with Crippen molar-refractivity contribution >= 4 is 40.8 Å². The molecule has 6 heteroatoms. The van der Waals surface area contributed by atoms with Gasteiger partial charge in [-0.25, -0.2) is 9.97 Å². The topological polar surface area (TPSA) is 46.1 Å². The molecule has 0 N–H and O–H groups in total. The number of nitrogens with zero attached hydrogens (tertiary/aromatic N) is 3. The number of aryl methyl sites for hydroxylation is 2. The first-order chi connectivity index (χ1) is 13.0. The van der Waals surface area contributed by atoms with Gasteiger partial charge in [0.15, 0.2) is 5.16 Å². The van der Waals surface area contributed by atoms with E-state index in [-0.39, 0.29) is 11.7 Å². The second-order valence-electron chi connectivity index (χ2n) is 6.36. The maximum Gasteiger partial charge on any atom is 0.242 e. The standard InChI is InChI=1S/C21H19N3OS2/c1-13-14(2)22-21(23-15(13)3)26-12-20(25)24-16-8-4-6-10-18(16)27-19-11-7-5-9-17(19)24/h4-11H,12H2,1-3H3. The third kappa shape index (κ3) is 3.47. The molecule has 1 aliphatic rings. The molecule has 1 aromatic heterocycles. The van der Waals surface area contributed by atoms with Crippen molar-refractivity contribution in [1.29, 1.82) is 0 Å². The summed E-state index contributed by atoms with van der Waals surface area (Å²) in [5.74, 6) is 0.314. The van der Waals surface area contributed by atoms with Gasteiger partial charge in [-0.2, -0.15) is 0 Å². The monoisotopic (exact) mass is 393 g/mol. The highest BCUT2D eigenvalue weighted by Crippen LogP contribution is 2.48. The number of para-hydroxylation sites is 2. The number of carbonyl (C=O) groups excluding carboxylic acids is 1. The molecule has 0 saturated heterocycles. The summed E-state index contributed by atoms with van der Waals surface area (Å²) in [6.07, 6.45) is 0. The first-order valence-electron chi connectivity index (χ1n) is 8.68. The Labute approximate surface area is 167 Å². The fourth-order valence-corrected chi connectivity index (χ4v) is 4.81. The van der Waals surface area contributed by atoms with Crippen LogP contribution in [-0.2, 0) is 4.79 Å². The van der Waals surface area contributed by atoms with Crippen LogP contribution in [0.4, 0.5) is 11.4 Å². The van der Waals surface area contributed by atoms with Crippen LogP contribution in [0.3, 0.4) is 0 Å². The van der Waals surface area contributed by atoms with E-state index >= 15 is 0 Å². The van der Waals surface area contributed by atoms with E-state index in [9.17, 15) is 4.79 Å². The van der Waals surface area contributed by atoms with Gasteiger partial charge in [-0.15, -0.1) is 0 Å². The molecule has 27 heavy (non-hydrogen) atoms. The third-order valence-electron chi connectivity index (χ3n) is 4.62. The Morgan fingerprint density at radius 1 is 0.926 bits per heavy atom. The minimum atomic E-state index is 0.0275. The second-order valence-corrected chi connectivity index (χ2v) is 8.38. The molecule has 4 nitrogen and oxygen atoms in total. The number of benzene rings is 2. The van der Waals surface area contributed by atoms with E-state index in [1.54, 1.807) is 11.8 Å². The fraction of sp³-hybridized carbons (Fsp3) is 0.190. The molecule has 3 aromatic rings. The number of fused-ring (bicyclic) bond motifs is 2. The van der Waals surface area contributed by atoms with Crippen molar-refractivity contribution in [3.63, 3.8) is 0 Å². The number of amides is 1. The summed E-state index contributed by atoms with van der Waals surface area (Å²) in [4.78, 5) is 26.2. The predicted molar refractivity (Wildman–Crippen MR) is 111 cm³/mol. The molecule has 0 atom stereocenters. The molecular weight excluding hydrogens is 374 g/mol. The molecule has 1 amide bonds. The Kier molecular flexibility index (Phi) is 4.93. The second kappa shape index (κ2) is 7.37. The maximum absolute atomic E-state index is 13.2. The van der Waals surface area contributed by atoms with Gasteiger partial charge in [-0.3, -0.25) is 9.69 Å². The van der Waals surface area contributed by atoms with Crippen molar-refractivity contribution < 1.29 is 4.79 Å². The zero-order valence-electron chi connectivity index (χ0n) is 15.4. The summed E-state index contributed by atoms with van der Waals surface area (Å²) in [7, 11) is 0. The normalized spacial score (nSPS) is 12.5. The van der Waals surface area contributed by atoms with E-state index in [1.807, 2.05) is 62.1 Å². The lowest BCUT2D eigenvalue weighted by Gasteiger charge is -2.30. The van der Waals surface area contributed by atoms with Crippen molar-refractivity contribution in [2.45, 2.75) is 35.7 Å². The summed E-state index contributed by atoms with van der Waals surface area (Å²) in [6, 6.07) is 16.0. The molecular formula is C21H19N3OS2.